The molecule has 38 heavy (non-hydrogen) atoms. The van der Waals surface area contributed by atoms with Gasteiger partial charge in [-0.25, -0.2) is 4.79 Å². The SMILES string of the molecule is COc1cc(NC(=O)N(Cc2cccc(OS(=O)(=O)c3cccc(C(F)(F)F)c3)c2)C(C)C)cc(OC)c1. The molecule has 0 heterocycles. The Morgan fingerprint density at radius 1 is 0.921 bits per heavy atom. The van der Waals surface area contributed by atoms with Crippen molar-refractivity contribution in [3.8, 4) is 17.2 Å². The first-order valence-electron chi connectivity index (χ1n) is 11.3. The van der Waals surface area contributed by atoms with Crippen LogP contribution in [0.5, 0.6) is 17.2 Å². The molecule has 0 unspecified atom stereocenters. The fraction of sp³-hybridized carbons (Fsp3) is 0.269. The van der Waals surface area contributed by atoms with E-state index in [9.17, 15) is 26.4 Å². The predicted molar refractivity (Wildman–Crippen MR) is 135 cm³/mol. The molecule has 1 N–H and O–H groups in total. The van der Waals surface area contributed by atoms with Gasteiger partial charge in [-0.1, -0.05) is 18.2 Å². The number of hydrogen-bond donors (Lipinski definition) is 1. The Morgan fingerprint density at radius 2 is 1.55 bits per heavy atom. The van der Waals surface area contributed by atoms with Crippen LogP contribution in [0.3, 0.4) is 0 Å². The van der Waals surface area contributed by atoms with E-state index in [1.54, 1.807) is 24.3 Å². The Balaban J connectivity index is 1.79. The molecule has 12 heteroatoms. The summed E-state index contributed by atoms with van der Waals surface area (Å²) < 4.78 is 79.9. The quantitative estimate of drug-likeness (QED) is 0.331. The standard InChI is InChI=1S/C26H27F3N2O6S/c1-17(2)31(25(32)30-20-13-22(35-3)15-23(14-20)36-4)16-18-7-5-9-21(11-18)37-38(33,34)24-10-6-8-19(12-24)26(27,28)29/h5-15,17H,16H2,1-4H3,(H,30,32). The number of alkyl halides is 3. The van der Waals surface area contributed by atoms with Gasteiger partial charge in [-0.3, -0.25) is 0 Å². The molecule has 2 amide bonds. The average Bonchev–Trinajstić information content (AvgIpc) is 2.86. The largest absolute Gasteiger partial charge is 0.497 e. The third-order valence-electron chi connectivity index (χ3n) is 5.39. The summed E-state index contributed by atoms with van der Waals surface area (Å²) in [5.74, 6) is 0.867. The summed E-state index contributed by atoms with van der Waals surface area (Å²) in [7, 11) is -1.57. The first kappa shape index (κ1) is 28.6. The minimum absolute atomic E-state index is 0.0887. The van der Waals surface area contributed by atoms with E-state index in [-0.39, 0.29) is 18.3 Å². The van der Waals surface area contributed by atoms with E-state index in [2.05, 4.69) is 5.32 Å². The van der Waals surface area contributed by atoms with Crippen LogP contribution in [0, 0.1) is 0 Å². The van der Waals surface area contributed by atoms with Crippen LogP contribution in [0.1, 0.15) is 25.0 Å². The molecule has 0 saturated carbocycles. The zero-order chi connectivity index (χ0) is 28.1. The summed E-state index contributed by atoms with van der Waals surface area (Å²) in [6, 6.07) is 13.5. The van der Waals surface area contributed by atoms with E-state index in [1.165, 1.54) is 37.3 Å². The molecule has 0 bridgehead atoms. The number of benzene rings is 3. The number of nitrogens with zero attached hydrogens (tertiary/aromatic N) is 1. The second-order valence-corrected chi connectivity index (χ2v) is 10.0. The molecule has 3 aromatic carbocycles. The lowest BCUT2D eigenvalue weighted by molar-refractivity contribution is -0.137. The lowest BCUT2D eigenvalue weighted by Crippen LogP contribution is -2.39. The Bertz CT molecular complexity index is 1370. The van der Waals surface area contributed by atoms with Crippen molar-refractivity contribution < 1.29 is 40.0 Å². The summed E-state index contributed by atoms with van der Waals surface area (Å²) in [6.45, 7) is 3.71. The summed E-state index contributed by atoms with van der Waals surface area (Å²) in [5, 5.41) is 2.79. The van der Waals surface area contributed by atoms with Crippen LogP contribution >= 0.6 is 0 Å². The lowest BCUT2D eigenvalue weighted by Gasteiger charge is -2.27. The molecule has 0 aliphatic carbocycles. The highest BCUT2D eigenvalue weighted by Crippen LogP contribution is 2.31. The van der Waals surface area contributed by atoms with Gasteiger partial charge in [-0.05, 0) is 49.7 Å². The van der Waals surface area contributed by atoms with Crippen molar-refractivity contribution in [3.05, 3.63) is 77.9 Å². The molecule has 0 aliphatic heterocycles. The van der Waals surface area contributed by atoms with Gasteiger partial charge in [0, 0.05) is 36.5 Å². The van der Waals surface area contributed by atoms with Gasteiger partial charge in [0.2, 0.25) is 0 Å². The Labute approximate surface area is 219 Å². The Hall–Kier alpha value is -3.93. The number of carbonyl (C=O) groups is 1. The van der Waals surface area contributed by atoms with Crippen LogP contribution in [0.15, 0.2) is 71.6 Å². The normalized spacial score (nSPS) is 11.7. The van der Waals surface area contributed by atoms with Crippen molar-refractivity contribution in [2.45, 2.75) is 37.5 Å². The number of carbonyl (C=O) groups excluding carboxylic acids is 1. The third-order valence-corrected chi connectivity index (χ3v) is 6.64. The number of rotatable bonds is 9. The predicted octanol–water partition coefficient (Wildman–Crippen LogP) is 5.93. The highest BCUT2D eigenvalue weighted by Gasteiger charge is 2.32. The van der Waals surface area contributed by atoms with Gasteiger partial charge in [0.1, 0.15) is 22.1 Å². The molecule has 0 spiro atoms. The van der Waals surface area contributed by atoms with E-state index in [0.29, 0.717) is 28.8 Å². The number of halogens is 3. The number of amides is 2. The summed E-state index contributed by atoms with van der Waals surface area (Å²) in [4.78, 5) is 14.0. The maximum atomic E-state index is 13.1. The van der Waals surface area contributed by atoms with Crippen LogP contribution in [0.2, 0.25) is 0 Å². The Kier molecular flexibility index (Phi) is 8.77. The van der Waals surface area contributed by atoms with Crippen LogP contribution in [-0.4, -0.2) is 39.6 Å². The van der Waals surface area contributed by atoms with E-state index < -0.39 is 32.8 Å². The van der Waals surface area contributed by atoms with Crippen molar-refractivity contribution in [1.82, 2.24) is 4.90 Å². The van der Waals surface area contributed by atoms with Crippen LogP contribution in [-0.2, 0) is 22.8 Å². The average molecular weight is 553 g/mol. The van der Waals surface area contributed by atoms with Gasteiger partial charge in [-0.2, -0.15) is 21.6 Å². The second-order valence-electron chi connectivity index (χ2n) is 8.46. The number of urea groups is 1. The van der Waals surface area contributed by atoms with Gasteiger partial charge in [0.05, 0.1) is 19.8 Å². The van der Waals surface area contributed by atoms with Crippen molar-refractivity contribution in [2.24, 2.45) is 0 Å². The lowest BCUT2D eigenvalue weighted by atomic mass is 10.2. The number of anilines is 1. The van der Waals surface area contributed by atoms with Crippen LogP contribution in [0.4, 0.5) is 23.7 Å². The molecule has 3 aromatic rings. The van der Waals surface area contributed by atoms with Gasteiger partial charge in [0.25, 0.3) is 0 Å². The molecular formula is C26H27F3N2O6S. The molecule has 3 rings (SSSR count). The number of nitrogens with one attached hydrogen (secondary N) is 1. The summed E-state index contributed by atoms with van der Waals surface area (Å²) in [6.07, 6.45) is -4.71. The zero-order valence-corrected chi connectivity index (χ0v) is 21.9. The molecule has 0 saturated heterocycles. The van der Waals surface area contributed by atoms with E-state index in [0.717, 1.165) is 18.2 Å². The smallest absolute Gasteiger partial charge is 0.416 e. The fourth-order valence-corrected chi connectivity index (χ4v) is 4.43. The molecule has 0 radical (unpaired) electrons. The van der Waals surface area contributed by atoms with Crippen LogP contribution in [0.25, 0.3) is 0 Å². The maximum absolute atomic E-state index is 13.1. The molecule has 0 aliphatic rings. The maximum Gasteiger partial charge on any atom is 0.416 e. The molecular weight excluding hydrogens is 525 g/mol. The van der Waals surface area contributed by atoms with Gasteiger partial charge in [0.15, 0.2) is 0 Å². The van der Waals surface area contributed by atoms with Crippen molar-refractivity contribution in [1.29, 1.82) is 0 Å². The highest BCUT2D eigenvalue weighted by atomic mass is 32.2. The van der Waals surface area contributed by atoms with Gasteiger partial charge >= 0.3 is 22.3 Å². The van der Waals surface area contributed by atoms with E-state index in [1.807, 2.05) is 13.8 Å². The topological polar surface area (TPSA) is 94.2 Å². The van der Waals surface area contributed by atoms with Gasteiger partial charge in [-0.15, -0.1) is 0 Å². The molecule has 8 nitrogen and oxygen atoms in total. The van der Waals surface area contributed by atoms with Crippen molar-refractivity contribution >= 4 is 21.8 Å². The van der Waals surface area contributed by atoms with Gasteiger partial charge < -0.3 is 23.9 Å². The number of ether oxygens (including phenoxy) is 2. The first-order chi connectivity index (χ1) is 17.8. The summed E-state index contributed by atoms with van der Waals surface area (Å²) >= 11 is 0. The fourth-order valence-electron chi connectivity index (χ4n) is 3.46. The van der Waals surface area contributed by atoms with E-state index >= 15 is 0 Å². The van der Waals surface area contributed by atoms with Crippen LogP contribution < -0.4 is 19.0 Å². The van der Waals surface area contributed by atoms with E-state index in [4.69, 9.17) is 13.7 Å². The first-order valence-corrected chi connectivity index (χ1v) is 12.7. The number of hydrogen-bond acceptors (Lipinski definition) is 6. The van der Waals surface area contributed by atoms with Crippen molar-refractivity contribution in [3.63, 3.8) is 0 Å². The number of methoxy groups -OCH3 is 2. The molecule has 0 aromatic heterocycles. The Morgan fingerprint density at radius 3 is 2.13 bits per heavy atom. The third kappa shape index (κ3) is 7.31. The summed E-state index contributed by atoms with van der Waals surface area (Å²) in [5.41, 5.74) is -0.127. The molecule has 204 valence electrons. The zero-order valence-electron chi connectivity index (χ0n) is 21.1. The monoisotopic (exact) mass is 552 g/mol. The minimum Gasteiger partial charge on any atom is -0.497 e. The second kappa shape index (κ2) is 11.6. The minimum atomic E-state index is -4.71. The molecule has 0 atom stereocenters. The molecule has 0 fully saturated rings. The van der Waals surface area contributed by atoms with Crippen molar-refractivity contribution in [2.75, 3.05) is 19.5 Å². The highest BCUT2D eigenvalue weighted by molar-refractivity contribution is 7.87.